The molecule has 0 aliphatic heterocycles. The Morgan fingerprint density at radius 1 is 1.38 bits per heavy atom. The van der Waals surface area contributed by atoms with E-state index in [1.54, 1.807) is 6.92 Å². The summed E-state index contributed by atoms with van der Waals surface area (Å²) in [6.45, 7) is 7.92. The lowest BCUT2D eigenvalue weighted by Crippen LogP contribution is -2.20. The minimum absolute atomic E-state index is 0.0433. The highest BCUT2D eigenvalue weighted by molar-refractivity contribution is 5.75. The van der Waals surface area contributed by atoms with Gasteiger partial charge in [0.1, 0.15) is 11.6 Å². The first-order valence-electron chi connectivity index (χ1n) is 7.35. The van der Waals surface area contributed by atoms with Gasteiger partial charge in [0.25, 0.3) is 0 Å². The van der Waals surface area contributed by atoms with Crippen LogP contribution in [0.5, 0.6) is 5.75 Å². The van der Waals surface area contributed by atoms with E-state index in [-0.39, 0.29) is 5.41 Å². The number of benzene rings is 1. The lowest BCUT2D eigenvalue weighted by atomic mass is 9.75. The molecule has 0 unspecified atom stereocenters. The molecule has 0 fully saturated rings. The topological polar surface area (TPSA) is 29.5 Å². The zero-order valence-electron chi connectivity index (χ0n) is 13.2. The van der Waals surface area contributed by atoms with Gasteiger partial charge in [-0.05, 0) is 54.5 Å². The van der Waals surface area contributed by atoms with Gasteiger partial charge >= 0.3 is 0 Å². The molecule has 0 heterocycles. The van der Waals surface area contributed by atoms with E-state index in [2.05, 4.69) is 26.0 Å². The third kappa shape index (κ3) is 3.03. The maximum Gasteiger partial charge on any atom is 0.129 e. The van der Waals surface area contributed by atoms with E-state index in [1.165, 1.54) is 5.56 Å². The van der Waals surface area contributed by atoms with Crippen LogP contribution in [0.1, 0.15) is 50.8 Å². The van der Waals surface area contributed by atoms with Crippen LogP contribution in [0, 0.1) is 0 Å². The van der Waals surface area contributed by atoms with E-state index in [1.807, 2.05) is 19.1 Å². The Balaban J connectivity index is 2.65. The fraction of sp³-hybridized carbons (Fsp3) is 0.444. The van der Waals surface area contributed by atoms with Crippen molar-refractivity contribution in [3.63, 3.8) is 0 Å². The van der Waals surface area contributed by atoms with Crippen molar-refractivity contribution in [3.8, 4) is 5.75 Å². The van der Waals surface area contributed by atoms with Gasteiger partial charge in [0.05, 0.1) is 13.2 Å². The largest absolute Gasteiger partial charge is 0.493 e. The van der Waals surface area contributed by atoms with E-state index in [4.69, 9.17) is 9.84 Å². The number of hydrogen-bond acceptors (Lipinski definition) is 2. The predicted octanol–water partition coefficient (Wildman–Crippen LogP) is 4.47. The fourth-order valence-corrected chi connectivity index (χ4v) is 2.74. The van der Waals surface area contributed by atoms with Crippen molar-refractivity contribution in [2.75, 3.05) is 13.2 Å². The lowest BCUT2D eigenvalue weighted by molar-refractivity contribution is 0.299. The third-order valence-corrected chi connectivity index (χ3v) is 4.06. The van der Waals surface area contributed by atoms with E-state index in [9.17, 15) is 4.39 Å². The quantitative estimate of drug-likeness (QED) is 0.886. The number of hydrogen-bond donors (Lipinski definition) is 1. The average Bonchev–Trinajstić information content (AvgIpc) is 2.46. The summed E-state index contributed by atoms with van der Waals surface area (Å²) in [5.74, 6) is 0.163. The molecule has 0 radical (unpaired) electrons. The Labute approximate surface area is 125 Å². The van der Waals surface area contributed by atoms with Crippen molar-refractivity contribution in [2.24, 2.45) is 0 Å². The first-order chi connectivity index (χ1) is 9.90. The summed E-state index contributed by atoms with van der Waals surface area (Å²) < 4.78 is 19.5. The van der Waals surface area contributed by atoms with Crippen LogP contribution in [0.15, 0.2) is 24.0 Å². The van der Waals surface area contributed by atoms with Crippen LogP contribution in [-0.4, -0.2) is 18.3 Å². The third-order valence-electron chi connectivity index (χ3n) is 4.06. The van der Waals surface area contributed by atoms with Gasteiger partial charge in [0.15, 0.2) is 0 Å². The summed E-state index contributed by atoms with van der Waals surface area (Å²) in [6.07, 6.45) is 5.20. The molecule has 0 amide bonds. The highest BCUT2D eigenvalue weighted by Gasteiger charge is 2.26. The zero-order chi connectivity index (χ0) is 15.6. The second-order valence-corrected chi connectivity index (χ2v) is 6.05. The van der Waals surface area contributed by atoms with Crippen LogP contribution >= 0.6 is 0 Å². The maximum atomic E-state index is 13.8. The van der Waals surface area contributed by atoms with Gasteiger partial charge in [-0.3, -0.25) is 0 Å². The standard InChI is InChI=1S/C18H23FO2/c1-5-21-17-10-15-13(7-6-8-18(15,3)4)9-14(17)12(2)16(19)11-20/h6-7,9-10,20H,5,8,11H2,1-4H3/b16-12+. The normalized spacial score (nSPS) is 17.2. The van der Waals surface area contributed by atoms with Gasteiger partial charge in [-0.1, -0.05) is 26.0 Å². The molecule has 21 heavy (non-hydrogen) atoms. The molecule has 1 aromatic carbocycles. The second kappa shape index (κ2) is 6.02. The van der Waals surface area contributed by atoms with Crippen molar-refractivity contribution in [1.29, 1.82) is 0 Å². The fourth-order valence-electron chi connectivity index (χ4n) is 2.74. The molecule has 1 aliphatic carbocycles. The second-order valence-electron chi connectivity index (χ2n) is 6.05. The van der Waals surface area contributed by atoms with Crippen molar-refractivity contribution in [1.82, 2.24) is 0 Å². The molecular formula is C18H23FO2. The molecule has 0 saturated heterocycles. The average molecular weight is 290 g/mol. The summed E-state index contributed by atoms with van der Waals surface area (Å²) in [7, 11) is 0. The molecule has 0 spiro atoms. The lowest BCUT2D eigenvalue weighted by Gasteiger charge is -2.30. The van der Waals surface area contributed by atoms with Gasteiger partial charge in [0.2, 0.25) is 0 Å². The van der Waals surface area contributed by atoms with E-state index < -0.39 is 12.4 Å². The minimum atomic E-state index is -0.587. The Bertz CT molecular complexity index is 597. The summed E-state index contributed by atoms with van der Waals surface area (Å²) in [5.41, 5.74) is 3.50. The molecule has 0 aromatic heterocycles. The zero-order valence-corrected chi connectivity index (χ0v) is 13.2. The molecule has 114 valence electrons. The minimum Gasteiger partial charge on any atom is -0.493 e. The molecule has 1 aliphatic rings. The SMILES string of the molecule is CCOc1cc2c(cc1/C(C)=C(/F)CO)C=CCC2(C)C. The van der Waals surface area contributed by atoms with E-state index in [0.29, 0.717) is 23.5 Å². The number of aliphatic hydroxyl groups excluding tert-OH is 1. The van der Waals surface area contributed by atoms with Crippen LogP contribution in [0.2, 0.25) is 0 Å². The Morgan fingerprint density at radius 3 is 2.71 bits per heavy atom. The predicted molar refractivity (Wildman–Crippen MR) is 85.1 cm³/mol. The van der Waals surface area contributed by atoms with Gasteiger partial charge in [-0.15, -0.1) is 0 Å². The Hall–Kier alpha value is -1.61. The number of allylic oxidation sites excluding steroid dienone is 2. The summed E-state index contributed by atoms with van der Waals surface area (Å²) in [4.78, 5) is 0. The maximum absolute atomic E-state index is 13.8. The van der Waals surface area contributed by atoms with E-state index in [0.717, 1.165) is 12.0 Å². The van der Waals surface area contributed by atoms with Crippen LogP contribution < -0.4 is 4.74 Å². The number of fused-ring (bicyclic) bond motifs is 1. The molecule has 0 bridgehead atoms. The molecule has 3 heteroatoms. The van der Waals surface area contributed by atoms with Gasteiger partial charge < -0.3 is 9.84 Å². The van der Waals surface area contributed by atoms with E-state index >= 15 is 0 Å². The number of rotatable bonds is 4. The Kier molecular flexibility index (Phi) is 4.52. The molecule has 2 nitrogen and oxygen atoms in total. The molecule has 0 saturated carbocycles. The molecule has 0 atom stereocenters. The molecule has 2 rings (SSSR count). The van der Waals surface area contributed by atoms with Crippen LogP contribution in [0.3, 0.4) is 0 Å². The molecule has 1 N–H and O–H groups in total. The highest BCUT2D eigenvalue weighted by Crippen LogP contribution is 2.40. The number of ether oxygens (including phenoxy) is 1. The number of aliphatic hydroxyl groups is 1. The Morgan fingerprint density at radius 2 is 2.10 bits per heavy atom. The van der Waals surface area contributed by atoms with Crippen molar-refractivity contribution in [2.45, 2.75) is 39.5 Å². The smallest absolute Gasteiger partial charge is 0.129 e. The van der Waals surface area contributed by atoms with Gasteiger partial charge in [-0.25, -0.2) is 4.39 Å². The summed E-state index contributed by atoms with van der Waals surface area (Å²) in [6, 6.07) is 3.98. The molecule has 1 aromatic rings. The highest BCUT2D eigenvalue weighted by atomic mass is 19.1. The van der Waals surface area contributed by atoms with Crippen LogP contribution in [-0.2, 0) is 5.41 Å². The summed E-state index contributed by atoms with van der Waals surface area (Å²) >= 11 is 0. The molecular weight excluding hydrogens is 267 g/mol. The van der Waals surface area contributed by atoms with Crippen molar-refractivity contribution < 1.29 is 14.2 Å². The van der Waals surface area contributed by atoms with Crippen LogP contribution in [0.25, 0.3) is 11.6 Å². The van der Waals surface area contributed by atoms with Gasteiger partial charge in [0, 0.05) is 5.56 Å². The first kappa shape index (κ1) is 15.8. The van der Waals surface area contributed by atoms with Crippen molar-refractivity contribution in [3.05, 3.63) is 40.7 Å². The monoisotopic (exact) mass is 290 g/mol. The summed E-state index contributed by atoms with van der Waals surface area (Å²) in [5, 5.41) is 9.02. The van der Waals surface area contributed by atoms with Gasteiger partial charge in [-0.2, -0.15) is 0 Å². The van der Waals surface area contributed by atoms with Crippen molar-refractivity contribution >= 4 is 11.6 Å². The van der Waals surface area contributed by atoms with Crippen LogP contribution in [0.4, 0.5) is 4.39 Å². The first-order valence-corrected chi connectivity index (χ1v) is 7.35. The number of halogens is 1.